The third-order valence-electron chi connectivity index (χ3n) is 3.01. The van der Waals surface area contributed by atoms with Crippen molar-refractivity contribution in [2.24, 2.45) is 0 Å². The van der Waals surface area contributed by atoms with Crippen molar-refractivity contribution in [3.63, 3.8) is 0 Å². The SMILES string of the molecule is CCCC(O)CNc1ccc2cnccc2c1N. The van der Waals surface area contributed by atoms with Gasteiger partial charge >= 0.3 is 0 Å². The smallest absolute Gasteiger partial charge is 0.0712 e. The van der Waals surface area contributed by atoms with Gasteiger partial charge in [0, 0.05) is 29.7 Å². The van der Waals surface area contributed by atoms with Crippen molar-refractivity contribution in [3.05, 3.63) is 30.6 Å². The van der Waals surface area contributed by atoms with E-state index in [-0.39, 0.29) is 6.10 Å². The van der Waals surface area contributed by atoms with Crippen molar-refractivity contribution < 1.29 is 5.11 Å². The Bertz CT molecular complexity index is 527. The Hall–Kier alpha value is -1.81. The molecular weight excluding hydrogens is 226 g/mol. The van der Waals surface area contributed by atoms with Crippen LogP contribution in [-0.2, 0) is 0 Å². The van der Waals surface area contributed by atoms with Gasteiger partial charge < -0.3 is 16.2 Å². The van der Waals surface area contributed by atoms with Crippen LogP contribution in [0.2, 0.25) is 0 Å². The van der Waals surface area contributed by atoms with E-state index in [4.69, 9.17) is 5.73 Å². The molecule has 4 heteroatoms. The van der Waals surface area contributed by atoms with E-state index < -0.39 is 0 Å². The van der Waals surface area contributed by atoms with Gasteiger partial charge in [0.05, 0.1) is 17.5 Å². The van der Waals surface area contributed by atoms with Crippen LogP contribution in [0.3, 0.4) is 0 Å². The fraction of sp³-hybridized carbons (Fsp3) is 0.357. The van der Waals surface area contributed by atoms with Gasteiger partial charge in [-0.3, -0.25) is 4.98 Å². The maximum atomic E-state index is 9.70. The molecular formula is C14H19N3O. The zero-order valence-corrected chi connectivity index (χ0v) is 10.6. The van der Waals surface area contributed by atoms with Crippen molar-refractivity contribution >= 4 is 22.1 Å². The molecule has 2 rings (SSSR count). The maximum Gasteiger partial charge on any atom is 0.0712 e. The molecule has 0 saturated carbocycles. The zero-order valence-electron chi connectivity index (χ0n) is 10.6. The Morgan fingerprint density at radius 2 is 2.22 bits per heavy atom. The highest BCUT2D eigenvalue weighted by Gasteiger charge is 2.06. The molecule has 0 amide bonds. The van der Waals surface area contributed by atoms with Gasteiger partial charge in [-0.05, 0) is 18.6 Å². The average Bonchev–Trinajstić information content (AvgIpc) is 2.39. The Balaban J connectivity index is 2.16. The van der Waals surface area contributed by atoms with Gasteiger partial charge in [0.1, 0.15) is 0 Å². The molecule has 1 heterocycles. The average molecular weight is 245 g/mol. The van der Waals surface area contributed by atoms with Gasteiger partial charge in [0.2, 0.25) is 0 Å². The first-order valence-corrected chi connectivity index (χ1v) is 6.26. The Morgan fingerprint density at radius 1 is 1.39 bits per heavy atom. The lowest BCUT2D eigenvalue weighted by molar-refractivity contribution is 0.176. The highest BCUT2D eigenvalue weighted by atomic mass is 16.3. The monoisotopic (exact) mass is 245 g/mol. The molecule has 4 nitrogen and oxygen atoms in total. The number of fused-ring (bicyclic) bond motifs is 1. The van der Waals surface area contributed by atoms with E-state index in [0.717, 1.165) is 29.3 Å². The van der Waals surface area contributed by atoms with E-state index in [1.807, 2.05) is 18.2 Å². The molecule has 2 aromatic rings. The summed E-state index contributed by atoms with van der Waals surface area (Å²) >= 11 is 0. The fourth-order valence-electron chi connectivity index (χ4n) is 2.01. The van der Waals surface area contributed by atoms with Crippen LogP contribution in [0.1, 0.15) is 19.8 Å². The van der Waals surface area contributed by atoms with Crippen molar-refractivity contribution in [2.45, 2.75) is 25.9 Å². The highest BCUT2D eigenvalue weighted by Crippen LogP contribution is 2.27. The van der Waals surface area contributed by atoms with Gasteiger partial charge in [-0.25, -0.2) is 0 Å². The van der Waals surface area contributed by atoms with Gasteiger partial charge in [0.25, 0.3) is 0 Å². The number of hydrogen-bond acceptors (Lipinski definition) is 4. The topological polar surface area (TPSA) is 71.2 Å². The summed E-state index contributed by atoms with van der Waals surface area (Å²) in [5.74, 6) is 0. The first-order chi connectivity index (χ1) is 8.72. The summed E-state index contributed by atoms with van der Waals surface area (Å²) in [5, 5.41) is 14.9. The predicted molar refractivity (Wildman–Crippen MR) is 75.6 cm³/mol. The number of nitrogens with two attached hydrogens (primary N) is 1. The van der Waals surface area contributed by atoms with E-state index in [1.165, 1.54) is 0 Å². The molecule has 0 aliphatic carbocycles. The van der Waals surface area contributed by atoms with Gasteiger partial charge in [-0.2, -0.15) is 0 Å². The fourth-order valence-corrected chi connectivity index (χ4v) is 2.01. The summed E-state index contributed by atoms with van der Waals surface area (Å²) < 4.78 is 0. The second-order valence-electron chi connectivity index (χ2n) is 4.45. The van der Waals surface area contributed by atoms with Crippen LogP contribution >= 0.6 is 0 Å². The quantitative estimate of drug-likeness (QED) is 0.707. The van der Waals surface area contributed by atoms with Crippen LogP contribution in [-0.4, -0.2) is 22.7 Å². The lowest BCUT2D eigenvalue weighted by Crippen LogP contribution is -2.19. The van der Waals surface area contributed by atoms with Crippen molar-refractivity contribution in [1.82, 2.24) is 4.98 Å². The van der Waals surface area contributed by atoms with Crippen molar-refractivity contribution in [2.75, 3.05) is 17.6 Å². The third kappa shape index (κ3) is 2.71. The number of hydrogen-bond donors (Lipinski definition) is 3. The number of aliphatic hydroxyl groups excluding tert-OH is 1. The largest absolute Gasteiger partial charge is 0.397 e. The van der Waals surface area contributed by atoms with E-state index in [9.17, 15) is 5.11 Å². The molecule has 0 saturated heterocycles. The molecule has 18 heavy (non-hydrogen) atoms. The first kappa shape index (κ1) is 12.6. The van der Waals surface area contributed by atoms with E-state index in [1.54, 1.807) is 12.4 Å². The molecule has 1 unspecified atom stereocenters. The molecule has 0 radical (unpaired) electrons. The predicted octanol–water partition coefficient (Wildman–Crippen LogP) is 2.39. The molecule has 0 bridgehead atoms. The number of aliphatic hydroxyl groups is 1. The molecule has 0 spiro atoms. The number of nitrogens with one attached hydrogen (secondary N) is 1. The van der Waals surface area contributed by atoms with Crippen LogP contribution in [0.5, 0.6) is 0 Å². The van der Waals surface area contributed by atoms with Gasteiger partial charge in [-0.15, -0.1) is 0 Å². The molecule has 0 aliphatic heterocycles. The summed E-state index contributed by atoms with van der Waals surface area (Å²) in [7, 11) is 0. The summed E-state index contributed by atoms with van der Waals surface area (Å²) in [6, 6.07) is 5.81. The number of aromatic nitrogens is 1. The van der Waals surface area contributed by atoms with Crippen molar-refractivity contribution in [1.29, 1.82) is 0 Å². The molecule has 1 aromatic heterocycles. The number of anilines is 2. The second-order valence-corrected chi connectivity index (χ2v) is 4.45. The second kappa shape index (κ2) is 5.69. The van der Waals surface area contributed by atoms with Crippen LogP contribution in [0, 0.1) is 0 Å². The molecule has 1 atom stereocenters. The Kier molecular flexibility index (Phi) is 3.99. The Labute approximate surface area is 107 Å². The summed E-state index contributed by atoms with van der Waals surface area (Å²) in [6.07, 6.45) is 4.96. The summed E-state index contributed by atoms with van der Waals surface area (Å²) in [5.41, 5.74) is 7.68. The van der Waals surface area contributed by atoms with E-state index in [2.05, 4.69) is 17.2 Å². The summed E-state index contributed by atoms with van der Waals surface area (Å²) in [6.45, 7) is 2.58. The number of nitrogen functional groups attached to an aromatic ring is 1. The van der Waals surface area contributed by atoms with E-state index >= 15 is 0 Å². The first-order valence-electron chi connectivity index (χ1n) is 6.26. The maximum absolute atomic E-state index is 9.70. The number of pyridine rings is 1. The van der Waals surface area contributed by atoms with Crippen LogP contribution < -0.4 is 11.1 Å². The minimum atomic E-state index is -0.331. The zero-order chi connectivity index (χ0) is 13.0. The minimum Gasteiger partial charge on any atom is -0.397 e. The molecule has 4 N–H and O–H groups in total. The highest BCUT2D eigenvalue weighted by molar-refractivity contribution is 5.98. The molecule has 0 fully saturated rings. The van der Waals surface area contributed by atoms with Crippen LogP contribution in [0.25, 0.3) is 10.8 Å². The minimum absolute atomic E-state index is 0.331. The normalized spacial score (nSPS) is 12.6. The number of rotatable bonds is 5. The number of nitrogens with zero attached hydrogens (tertiary/aromatic N) is 1. The third-order valence-corrected chi connectivity index (χ3v) is 3.01. The van der Waals surface area contributed by atoms with Crippen LogP contribution in [0.4, 0.5) is 11.4 Å². The lowest BCUT2D eigenvalue weighted by atomic mass is 10.1. The lowest BCUT2D eigenvalue weighted by Gasteiger charge is -2.14. The molecule has 96 valence electrons. The molecule has 0 aliphatic rings. The molecule has 1 aromatic carbocycles. The van der Waals surface area contributed by atoms with E-state index in [0.29, 0.717) is 12.2 Å². The standard InChI is InChI=1S/C14H19N3O/c1-2-3-11(18)9-17-13-5-4-10-8-16-7-6-12(10)14(13)15/h4-8,11,17-18H,2-3,9,15H2,1H3. The van der Waals surface area contributed by atoms with Gasteiger partial charge in [-0.1, -0.05) is 19.4 Å². The number of benzene rings is 1. The van der Waals surface area contributed by atoms with Gasteiger partial charge in [0.15, 0.2) is 0 Å². The summed E-state index contributed by atoms with van der Waals surface area (Å²) in [4.78, 5) is 4.07. The Morgan fingerprint density at radius 3 is 3.00 bits per heavy atom. The van der Waals surface area contributed by atoms with Crippen molar-refractivity contribution in [3.8, 4) is 0 Å². The van der Waals surface area contributed by atoms with Crippen LogP contribution in [0.15, 0.2) is 30.6 Å².